The van der Waals surface area contributed by atoms with E-state index in [0.717, 1.165) is 10.6 Å². The van der Waals surface area contributed by atoms with Crippen molar-refractivity contribution in [1.82, 2.24) is 5.06 Å². The van der Waals surface area contributed by atoms with E-state index in [1.165, 1.54) is 0 Å². The van der Waals surface area contributed by atoms with Gasteiger partial charge in [-0.2, -0.15) is 13.5 Å². The summed E-state index contributed by atoms with van der Waals surface area (Å²) in [5.74, 6) is -0.164. The van der Waals surface area contributed by atoms with E-state index in [4.69, 9.17) is 5.73 Å². The van der Waals surface area contributed by atoms with Gasteiger partial charge in [0.05, 0.1) is 6.54 Å². The first-order chi connectivity index (χ1) is 8.57. The molecule has 0 saturated carbocycles. The maximum Gasteiger partial charge on any atom is 0.491 e. The van der Waals surface area contributed by atoms with Crippen molar-refractivity contribution in [3.8, 4) is 0 Å². The molecule has 2 N–H and O–H groups in total. The lowest BCUT2D eigenvalue weighted by Gasteiger charge is -2.21. The van der Waals surface area contributed by atoms with Gasteiger partial charge in [-0.15, -0.1) is 4.28 Å². The van der Waals surface area contributed by atoms with Crippen molar-refractivity contribution in [1.29, 1.82) is 0 Å². The molecule has 0 unspecified atom stereocenters. The van der Waals surface area contributed by atoms with Gasteiger partial charge in [0.25, 0.3) is 5.96 Å². The fourth-order valence-electron chi connectivity index (χ4n) is 1.26. The number of hydroxylamine groups is 2. The quantitative estimate of drug-likeness (QED) is 0.855. The Morgan fingerprint density at radius 3 is 2.78 bits per heavy atom. The Morgan fingerprint density at radius 1 is 1.33 bits per heavy atom. The fraction of sp³-hybridized carbons (Fsp3) is 0.100. The first kappa shape index (κ1) is 12.4. The van der Waals surface area contributed by atoms with Crippen LogP contribution in [0.25, 0.3) is 6.08 Å². The molecule has 1 aromatic rings. The van der Waals surface area contributed by atoms with Gasteiger partial charge in [-0.25, -0.2) is 4.28 Å². The molecular weight excluding hydrogens is 258 g/mol. The van der Waals surface area contributed by atoms with E-state index in [-0.39, 0.29) is 12.5 Å². The second-order valence-corrected chi connectivity index (χ2v) is 4.50. The molecule has 8 heteroatoms. The molecule has 0 radical (unpaired) electrons. The molecule has 0 aliphatic carbocycles. The van der Waals surface area contributed by atoms with Crippen molar-refractivity contribution in [2.45, 2.75) is 0 Å². The van der Waals surface area contributed by atoms with E-state index in [0.29, 0.717) is 0 Å². The lowest BCUT2D eigenvalue weighted by molar-refractivity contribution is -0.00349. The maximum atomic E-state index is 11.0. The van der Waals surface area contributed by atoms with Crippen LogP contribution >= 0.6 is 0 Å². The van der Waals surface area contributed by atoms with Gasteiger partial charge in [0.15, 0.2) is 0 Å². The van der Waals surface area contributed by atoms with Gasteiger partial charge in [-0.05, 0) is 10.7 Å². The summed E-state index contributed by atoms with van der Waals surface area (Å²) in [6, 6.07) is 9.51. The second kappa shape index (κ2) is 5.07. The number of oxime groups is 1. The first-order valence-electron chi connectivity index (χ1n) is 5.02. The molecule has 1 aliphatic heterocycles. The highest BCUT2D eigenvalue weighted by Crippen LogP contribution is 2.09. The normalized spacial score (nSPS) is 18.4. The van der Waals surface area contributed by atoms with E-state index in [9.17, 15) is 8.42 Å². The van der Waals surface area contributed by atoms with Crippen molar-refractivity contribution in [3.63, 3.8) is 0 Å². The van der Waals surface area contributed by atoms with Crippen LogP contribution in [-0.4, -0.2) is 26.0 Å². The van der Waals surface area contributed by atoms with Crippen LogP contribution < -0.4 is 5.73 Å². The third kappa shape index (κ3) is 3.22. The Labute approximate surface area is 104 Å². The van der Waals surface area contributed by atoms with E-state index >= 15 is 0 Å². The van der Waals surface area contributed by atoms with Crippen molar-refractivity contribution >= 4 is 22.4 Å². The van der Waals surface area contributed by atoms with Crippen molar-refractivity contribution in [3.05, 3.63) is 42.0 Å². The summed E-state index contributed by atoms with van der Waals surface area (Å²) >= 11 is 0. The molecule has 7 nitrogen and oxygen atoms in total. The van der Waals surface area contributed by atoms with E-state index in [1.807, 2.05) is 30.3 Å². The predicted octanol–water partition coefficient (Wildman–Crippen LogP) is 0.438. The molecule has 0 spiro atoms. The fourth-order valence-corrected chi connectivity index (χ4v) is 1.82. The van der Waals surface area contributed by atoms with Crippen LogP contribution in [0.15, 0.2) is 41.6 Å². The molecular formula is C10H11N3O4S. The third-order valence-electron chi connectivity index (χ3n) is 2.04. The molecule has 1 aliphatic rings. The second-order valence-electron chi connectivity index (χ2n) is 3.38. The monoisotopic (exact) mass is 269 g/mol. The van der Waals surface area contributed by atoms with E-state index < -0.39 is 10.4 Å². The number of nitrogens with zero attached hydrogens (tertiary/aromatic N) is 2. The number of rotatable bonds is 3. The molecule has 96 valence electrons. The number of hydrogen-bond acceptors (Lipinski definition) is 7. The lowest BCUT2D eigenvalue weighted by Crippen LogP contribution is -2.42. The maximum absolute atomic E-state index is 11.0. The van der Waals surface area contributed by atoms with Crippen LogP contribution in [0.2, 0.25) is 0 Å². The number of benzene rings is 1. The van der Waals surface area contributed by atoms with Crippen LogP contribution in [0.1, 0.15) is 5.56 Å². The predicted molar refractivity (Wildman–Crippen MR) is 64.9 cm³/mol. The van der Waals surface area contributed by atoms with Crippen LogP contribution in [0.4, 0.5) is 0 Å². The summed E-state index contributed by atoms with van der Waals surface area (Å²) < 4.78 is 30.5. The van der Waals surface area contributed by atoms with Gasteiger partial charge in [0.2, 0.25) is 0 Å². The summed E-state index contributed by atoms with van der Waals surface area (Å²) in [5, 5.41) is 4.08. The van der Waals surface area contributed by atoms with Crippen LogP contribution in [0.5, 0.6) is 0 Å². The molecule has 0 bridgehead atoms. The minimum absolute atomic E-state index is 0.132. The van der Waals surface area contributed by atoms with Crippen molar-refractivity contribution in [2.75, 3.05) is 6.54 Å². The Hall–Kier alpha value is -2.06. The van der Waals surface area contributed by atoms with Crippen molar-refractivity contribution < 1.29 is 17.0 Å². The number of nitrogens with two attached hydrogens (primary N) is 1. The molecule has 0 fully saturated rings. The zero-order valence-electron chi connectivity index (χ0n) is 9.26. The Morgan fingerprint density at radius 2 is 2.06 bits per heavy atom. The van der Waals surface area contributed by atoms with Crippen molar-refractivity contribution in [2.24, 2.45) is 10.9 Å². The highest BCUT2D eigenvalue weighted by atomic mass is 32.3. The van der Waals surface area contributed by atoms with Gasteiger partial charge in [0, 0.05) is 0 Å². The molecule has 0 aromatic heterocycles. The largest absolute Gasteiger partial charge is 0.491 e. The molecule has 0 atom stereocenters. The number of guanidine groups is 1. The number of hydrogen-bond donors (Lipinski definition) is 1. The summed E-state index contributed by atoms with van der Waals surface area (Å²) in [6.45, 7) is 0.132. The molecule has 0 saturated heterocycles. The van der Waals surface area contributed by atoms with Crippen LogP contribution in [-0.2, 0) is 19.0 Å². The van der Waals surface area contributed by atoms with Gasteiger partial charge < -0.3 is 5.73 Å². The summed E-state index contributed by atoms with van der Waals surface area (Å²) in [4.78, 5) is 0. The zero-order chi connectivity index (χ0) is 13.0. The molecule has 1 heterocycles. The summed E-state index contributed by atoms with van der Waals surface area (Å²) in [5.41, 5.74) is 6.38. The Kier molecular flexibility index (Phi) is 3.49. The van der Waals surface area contributed by atoms with Gasteiger partial charge in [-0.1, -0.05) is 42.5 Å². The molecule has 1 aromatic carbocycles. The molecule has 18 heavy (non-hydrogen) atoms. The van der Waals surface area contributed by atoms with Gasteiger partial charge in [-0.3, -0.25) is 0 Å². The van der Waals surface area contributed by atoms with Gasteiger partial charge in [0.1, 0.15) is 0 Å². The topological polar surface area (TPSA) is 94.2 Å². The van der Waals surface area contributed by atoms with Gasteiger partial charge >= 0.3 is 10.4 Å². The summed E-state index contributed by atoms with van der Waals surface area (Å²) in [7, 11) is -4.14. The first-order valence-corrected chi connectivity index (χ1v) is 6.36. The van der Waals surface area contributed by atoms with Crippen LogP contribution in [0, 0.1) is 0 Å². The summed E-state index contributed by atoms with van der Waals surface area (Å²) in [6.07, 6.45) is 3.50. The van der Waals surface area contributed by atoms with Crippen LogP contribution in [0.3, 0.4) is 0 Å². The highest BCUT2D eigenvalue weighted by molar-refractivity contribution is 7.81. The minimum Gasteiger partial charge on any atom is -0.365 e. The zero-order valence-corrected chi connectivity index (χ0v) is 10.1. The Balaban J connectivity index is 2.00. The average Bonchev–Trinajstić information content (AvgIpc) is 2.35. The lowest BCUT2D eigenvalue weighted by atomic mass is 10.2. The molecule has 0 amide bonds. The smallest absolute Gasteiger partial charge is 0.365 e. The Bertz CT molecular complexity index is 568. The van der Waals surface area contributed by atoms with E-state index in [1.54, 1.807) is 12.2 Å². The van der Waals surface area contributed by atoms with E-state index in [2.05, 4.69) is 13.7 Å². The minimum atomic E-state index is -4.14. The average molecular weight is 269 g/mol. The SMILES string of the molecule is NC1=NOS(=O)(=O)ON1C/C=C\c1ccccc1. The molecule has 2 rings (SSSR count). The third-order valence-corrected chi connectivity index (χ3v) is 2.66. The standard InChI is InChI=1S/C10H11N3O4S/c11-10-12-16-18(14,15)17-13(10)8-4-7-9-5-2-1-3-6-9/h1-7H,8H2,(H2,11,12)/b7-4-. The highest BCUT2D eigenvalue weighted by Gasteiger charge is 2.26.